The van der Waals surface area contributed by atoms with Gasteiger partial charge in [0.05, 0.1) is 5.75 Å². The molecule has 2 aromatic carbocycles. The van der Waals surface area contributed by atoms with Gasteiger partial charge in [-0.25, -0.2) is 0 Å². The molecule has 0 aliphatic carbocycles. The second kappa shape index (κ2) is 7.28. The van der Waals surface area contributed by atoms with Crippen LogP contribution in [0.15, 0.2) is 48.5 Å². The van der Waals surface area contributed by atoms with Crippen molar-refractivity contribution >= 4 is 22.4 Å². The zero-order chi connectivity index (χ0) is 16.1. The smallest absolute Gasteiger partial charge is 0.237 e. The van der Waals surface area contributed by atoms with Crippen molar-refractivity contribution in [2.24, 2.45) is 0 Å². The molecule has 3 rings (SSSR count). The number of anilines is 1. The van der Waals surface area contributed by atoms with Crippen LogP contribution >= 0.6 is 0 Å². The van der Waals surface area contributed by atoms with Gasteiger partial charge in [-0.2, -0.15) is 0 Å². The van der Waals surface area contributed by atoms with E-state index in [1.807, 2.05) is 36.4 Å². The fourth-order valence-electron chi connectivity index (χ4n) is 2.34. The Kier molecular flexibility index (Phi) is 4.92. The van der Waals surface area contributed by atoms with Crippen LogP contribution in [0.5, 0.6) is 11.5 Å². The van der Waals surface area contributed by atoms with Crippen molar-refractivity contribution in [2.45, 2.75) is 5.75 Å². The highest BCUT2D eigenvalue weighted by Crippen LogP contribution is 2.34. The molecule has 6 heteroatoms. The molecular weight excluding hydrogens is 314 g/mol. The molecule has 0 aromatic heterocycles. The van der Waals surface area contributed by atoms with E-state index in [0.29, 0.717) is 30.4 Å². The summed E-state index contributed by atoms with van der Waals surface area (Å²) in [5.41, 5.74) is 1.50. The average molecular weight is 331 g/mol. The minimum atomic E-state index is -1.32. The van der Waals surface area contributed by atoms with Gasteiger partial charge in [0.2, 0.25) is 5.91 Å². The normalized spacial score (nSPS) is 14.1. The highest BCUT2D eigenvalue weighted by Gasteiger charge is 2.18. The van der Waals surface area contributed by atoms with E-state index in [9.17, 15) is 9.00 Å². The molecule has 0 fully saturated rings. The van der Waals surface area contributed by atoms with Crippen molar-refractivity contribution < 1.29 is 18.5 Å². The monoisotopic (exact) mass is 331 g/mol. The molecule has 5 nitrogen and oxygen atoms in total. The maximum Gasteiger partial charge on any atom is 0.237 e. The van der Waals surface area contributed by atoms with Gasteiger partial charge in [-0.3, -0.25) is 9.00 Å². The Morgan fingerprint density at radius 2 is 1.83 bits per heavy atom. The van der Waals surface area contributed by atoms with Crippen molar-refractivity contribution in [1.29, 1.82) is 0 Å². The van der Waals surface area contributed by atoms with Crippen LogP contribution in [0.4, 0.5) is 5.69 Å². The second-order valence-electron chi connectivity index (χ2n) is 5.08. The molecule has 0 unspecified atom stereocenters. The number of hydrogen-bond acceptors (Lipinski definition) is 4. The third kappa shape index (κ3) is 4.10. The molecule has 0 saturated heterocycles. The fourth-order valence-corrected chi connectivity index (χ4v) is 3.38. The first-order chi connectivity index (χ1) is 11.2. The van der Waals surface area contributed by atoms with E-state index < -0.39 is 10.8 Å². The molecule has 120 valence electrons. The number of ether oxygens (including phenoxy) is 2. The van der Waals surface area contributed by atoms with E-state index in [2.05, 4.69) is 5.32 Å². The topological polar surface area (TPSA) is 64.6 Å². The first-order valence-corrected chi connectivity index (χ1v) is 8.78. The van der Waals surface area contributed by atoms with Crippen LogP contribution in [-0.2, 0) is 21.3 Å². The van der Waals surface area contributed by atoms with E-state index in [-0.39, 0.29) is 17.4 Å². The molecule has 23 heavy (non-hydrogen) atoms. The summed E-state index contributed by atoms with van der Waals surface area (Å²) in [4.78, 5) is 11.9. The number of hydrogen-bond donors (Lipinski definition) is 1. The van der Waals surface area contributed by atoms with Gasteiger partial charge in [-0.05, 0) is 18.2 Å². The van der Waals surface area contributed by atoms with Crippen LogP contribution in [0.2, 0.25) is 0 Å². The van der Waals surface area contributed by atoms with E-state index in [1.54, 1.807) is 12.1 Å². The van der Waals surface area contributed by atoms with Crippen molar-refractivity contribution in [3.05, 3.63) is 54.1 Å². The maximum atomic E-state index is 12.3. The lowest BCUT2D eigenvalue weighted by Gasteiger charge is -2.20. The average Bonchev–Trinajstić information content (AvgIpc) is 2.56. The van der Waals surface area contributed by atoms with Gasteiger partial charge in [-0.15, -0.1) is 0 Å². The first kappa shape index (κ1) is 15.6. The van der Waals surface area contributed by atoms with E-state index in [0.717, 1.165) is 5.56 Å². The first-order valence-electron chi connectivity index (χ1n) is 7.30. The Morgan fingerprint density at radius 1 is 1.04 bits per heavy atom. The predicted octanol–water partition coefficient (Wildman–Crippen LogP) is 2.35. The summed E-state index contributed by atoms with van der Waals surface area (Å²) in [7, 11) is -1.32. The van der Waals surface area contributed by atoms with Gasteiger partial charge in [0.25, 0.3) is 0 Å². The summed E-state index contributed by atoms with van der Waals surface area (Å²) in [5, 5.41) is 2.73. The molecule has 0 radical (unpaired) electrons. The maximum absolute atomic E-state index is 12.3. The highest BCUT2D eigenvalue weighted by atomic mass is 32.2. The van der Waals surface area contributed by atoms with Crippen LogP contribution in [-0.4, -0.2) is 29.1 Å². The lowest BCUT2D eigenvalue weighted by atomic mass is 10.2. The van der Waals surface area contributed by atoms with Gasteiger partial charge in [0.15, 0.2) is 11.5 Å². The third-order valence-electron chi connectivity index (χ3n) is 3.31. The molecule has 0 spiro atoms. The Balaban J connectivity index is 1.60. The van der Waals surface area contributed by atoms with Crippen molar-refractivity contribution in [3.8, 4) is 11.5 Å². The number of nitrogens with one attached hydrogen (secondary N) is 1. The Bertz CT molecular complexity index is 718. The summed E-state index contributed by atoms with van der Waals surface area (Å²) in [6.07, 6.45) is 0. The summed E-state index contributed by atoms with van der Waals surface area (Å²) in [5.74, 6) is 1.24. The number of fused-ring (bicyclic) bond motifs is 1. The zero-order valence-corrected chi connectivity index (χ0v) is 13.3. The number of benzene rings is 2. The van der Waals surface area contributed by atoms with E-state index in [4.69, 9.17) is 9.47 Å². The molecule has 0 bridgehead atoms. The van der Waals surface area contributed by atoms with Crippen LogP contribution in [0.25, 0.3) is 0 Å². The lowest BCUT2D eigenvalue weighted by molar-refractivity contribution is -0.113. The molecule has 2 aromatic rings. The fraction of sp³-hybridized carbons (Fsp3) is 0.235. The second-order valence-corrected chi connectivity index (χ2v) is 6.54. The summed E-state index contributed by atoms with van der Waals surface area (Å²) >= 11 is 0. The SMILES string of the molecule is O=C(C[S@@](=O)Cc1cccc2c1OCCO2)Nc1ccccc1. The number of carbonyl (C=O) groups excluding carboxylic acids is 1. The number of amides is 1. The number of rotatable bonds is 5. The molecule has 1 atom stereocenters. The Hall–Kier alpha value is -2.34. The van der Waals surface area contributed by atoms with Crippen LogP contribution in [0.1, 0.15) is 5.56 Å². The van der Waals surface area contributed by atoms with Crippen LogP contribution < -0.4 is 14.8 Å². The standard InChI is InChI=1S/C17H17NO4S/c19-16(18-14-6-2-1-3-7-14)12-23(20)11-13-5-4-8-15-17(13)22-10-9-21-15/h1-8H,9-12H2,(H,18,19)/t23-/m0/s1. The number of para-hydroxylation sites is 2. The summed E-state index contributed by atoms with van der Waals surface area (Å²) in [6.45, 7) is 0.990. The molecule has 1 amide bonds. The van der Waals surface area contributed by atoms with Gasteiger partial charge >= 0.3 is 0 Å². The molecule has 1 N–H and O–H groups in total. The molecule has 1 aliphatic heterocycles. The highest BCUT2D eigenvalue weighted by molar-refractivity contribution is 7.85. The molecule has 0 saturated carbocycles. The largest absolute Gasteiger partial charge is 0.486 e. The minimum Gasteiger partial charge on any atom is -0.486 e. The van der Waals surface area contributed by atoms with Gasteiger partial charge in [-0.1, -0.05) is 30.3 Å². The third-order valence-corrected chi connectivity index (χ3v) is 4.53. The van der Waals surface area contributed by atoms with Gasteiger partial charge in [0.1, 0.15) is 19.0 Å². The molecule has 1 heterocycles. The number of carbonyl (C=O) groups is 1. The summed E-state index contributed by atoms with van der Waals surface area (Å²) < 4.78 is 23.4. The zero-order valence-electron chi connectivity index (χ0n) is 12.5. The van der Waals surface area contributed by atoms with Gasteiger partial charge in [0, 0.05) is 22.1 Å². The quantitative estimate of drug-likeness (QED) is 0.913. The van der Waals surface area contributed by atoms with Gasteiger partial charge < -0.3 is 14.8 Å². The van der Waals surface area contributed by atoms with Crippen molar-refractivity contribution in [2.75, 3.05) is 24.3 Å². The molecular formula is C17H17NO4S. The minimum absolute atomic E-state index is 0.0561. The predicted molar refractivity (Wildman–Crippen MR) is 89.2 cm³/mol. The van der Waals surface area contributed by atoms with Crippen molar-refractivity contribution in [1.82, 2.24) is 0 Å². The lowest BCUT2D eigenvalue weighted by Crippen LogP contribution is -2.21. The van der Waals surface area contributed by atoms with E-state index >= 15 is 0 Å². The van der Waals surface area contributed by atoms with E-state index in [1.165, 1.54) is 0 Å². The molecule has 1 aliphatic rings. The van der Waals surface area contributed by atoms with Crippen LogP contribution in [0, 0.1) is 0 Å². The summed E-state index contributed by atoms with van der Waals surface area (Å²) in [6, 6.07) is 14.6. The Morgan fingerprint density at radius 3 is 2.65 bits per heavy atom. The Labute approximate surface area is 137 Å². The van der Waals surface area contributed by atoms with Crippen LogP contribution in [0.3, 0.4) is 0 Å². The van der Waals surface area contributed by atoms with Crippen molar-refractivity contribution in [3.63, 3.8) is 0 Å².